The number of nitrogens with one attached hydrogen (secondary N) is 1. The first-order valence-electron chi connectivity index (χ1n) is 6.00. The normalized spacial score (nSPS) is 21.2. The molecule has 1 aliphatic rings. The smallest absolute Gasteiger partial charge is 0.326 e. The minimum absolute atomic E-state index is 0.0850. The van der Waals surface area contributed by atoms with Gasteiger partial charge >= 0.3 is 12.0 Å². The molecule has 1 heterocycles. The maximum absolute atomic E-state index is 11.9. The summed E-state index contributed by atoms with van der Waals surface area (Å²) in [6.45, 7) is 2.53. The number of carboxylic acid groups (broad SMARTS) is 1. The number of hydrogen-bond donors (Lipinski definition) is 3. The topological polar surface area (TPSA) is 113 Å². The molecule has 1 aliphatic heterocycles. The molecule has 0 bridgehead atoms. The molecule has 0 aliphatic carbocycles. The molecule has 0 radical (unpaired) electrons. The van der Waals surface area contributed by atoms with E-state index in [-0.39, 0.29) is 6.04 Å². The highest BCUT2D eigenvalue weighted by Crippen LogP contribution is 2.16. The van der Waals surface area contributed by atoms with E-state index in [1.165, 1.54) is 0 Å². The van der Waals surface area contributed by atoms with Crippen LogP contribution in [0.1, 0.15) is 32.6 Å². The number of urea groups is 1. The predicted octanol–water partition coefficient (Wildman–Crippen LogP) is -0.101. The molecule has 0 aromatic carbocycles. The Labute approximate surface area is 105 Å². The van der Waals surface area contributed by atoms with Crippen molar-refractivity contribution in [2.75, 3.05) is 6.54 Å². The molecule has 4 N–H and O–H groups in total. The number of aliphatic carboxylic acids is 1. The third-order valence-corrected chi connectivity index (χ3v) is 3.06. The van der Waals surface area contributed by atoms with Crippen LogP contribution in [0.4, 0.5) is 4.79 Å². The molecule has 1 rings (SSSR count). The van der Waals surface area contributed by atoms with Crippen LogP contribution in [0.25, 0.3) is 0 Å². The summed E-state index contributed by atoms with van der Waals surface area (Å²) in [5.74, 6) is -2.01. The number of piperidine rings is 1. The summed E-state index contributed by atoms with van der Waals surface area (Å²) in [6, 6.07) is -1.62. The van der Waals surface area contributed by atoms with E-state index in [1.54, 1.807) is 4.90 Å². The zero-order valence-electron chi connectivity index (χ0n) is 10.4. The Bertz CT molecular complexity index is 345. The standard InChI is InChI=1S/C11H19N3O4/c1-7-4-2-3-5-14(7)11(18)13-8(10(16)17)6-9(12)15/h7-8H,2-6H2,1H3,(H2,12,15)(H,13,18)(H,16,17)/t7?,8-/m1/s1. The Morgan fingerprint density at radius 1 is 1.44 bits per heavy atom. The van der Waals surface area contributed by atoms with Gasteiger partial charge in [0.05, 0.1) is 6.42 Å². The van der Waals surface area contributed by atoms with E-state index >= 15 is 0 Å². The molecule has 1 fully saturated rings. The van der Waals surface area contributed by atoms with Crippen molar-refractivity contribution in [3.05, 3.63) is 0 Å². The molecule has 7 heteroatoms. The van der Waals surface area contributed by atoms with Gasteiger partial charge in [0.2, 0.25) is 5.91 Å². The van der Waals surface area contributed by atoms with E-state index in [9.17, 15) is 14.4 Å². The van der Waals surface area contributed by atoms with Crippen LogP contribution in [-0.4, -0.2) is 46.5 Å². The van der Waals surface area contributed by atoms with E-state index in [0.717, 1.165) is 19.3 Å². The lowest BCUT2D eigenvalue weighted by atomic mass is 10.0. The highest BCUT2D eigenvalue weighted by molar-refractivity contribution is 5.87. The van der Waals surface area contributed by atoms with Crippen LogP contribution < -0.4 is 11.1 Å². The quantitative estimate of drug-likeness (QED) is 0.652. The van der Waals surface area contributed by atoms with E-state index in [0.29, 0.717) is 6.54 Å². The van der Waals surface area contributed by atoms with Crippen molar-refractivity contribution in [3.8, 4) is 0 Å². The Morgan fingerprint density at radius 3 is 2.61 bits per heavy atom. The second kappa shape index (κ2) is 6.23. The lowest BCUT2D eigenvalue weighted by Gasteiger charge is -2.34. The molecule has 102 valence electrons. The first-order valence-corrected chi connectivity index (χ1v) is 6.00. The monoisotopic (exact) mass is 257 g/mol. The van der Waals surface area contributed by atoms with E-state index < -0.39 is 30.4 Å². The Hall–Kier alpha value is -1.79. The van der Waals surface area contributed by atoms with Gasteiger partial charge in [-0.2, -0.15) is 0 Å². The van der Waals surface area contributed by atoms with Crippen molar-refractivity contribution in [3.63, 3.8) is 0 Å². The summed E-state index contributed by atoms with van der Waals surface area (Å²) in [5, 5.41) is 11.2. The number of rotatable bonds is 4. The van der Waals surface area contributed by atoms with Gasteiger partial charge in [-0.25, -0.2) is 9.59 Å². The summed E-state index contributed by atoms with van der Waals surface area (Å²) in [7, 11) is 0. The summed E-state index contributed by atoms with van der Waals surface area (Å²) < 4.78 is 0. The first-order chi connectivity index (χ1) is 8.41. The maximum Gasteiger partial charge on any atom is 0.326 e. The lowest BCUT2D eigenvalue weighted by molar-refractivity contribution is -0.141. The van der Waals surface area contributed by atoms with Crippen LogP contribution in [-0.2, 0) is 9.59 Å². The molecule has 0 aromatic heterocycles. The van der Waals surface area contributed by atoms with Gasteiger partial charge in [-0.05, 0) is 26.2 Å². The minimum Gasteiger partial charge on any atom is -0.480 e. The molecular weight excluding hydrogens is 238 g/mol. The number of amides is 3. The fourth-order valence-corrected chi connectivity index (χ4v) is 2.03. The van der Waals surface area contributed by atoms with Gasteiger partial charge in [0.25, 0.3) is 0 Å². The van der Waals surface area contributed by atoms with Gasteiger partial charge in [0.15, 0.2) is 0 Å². The maximum atomic E-state index is 11.9. The fourth-order valence-electron chi connectivity index (χ4n) is 2.03. The van der Waals surface area contributed by atoms with Crippen LogP contribution in [0.2, 0.25) is 0 Å². The summed E-state index contributed by atoms with van der Waals surface area (Å²) >= 11 is 0. The fraction of sp³-hybridized carbons (Fsp3) is 0.727. The summed E-state index contributed by atoms with van der Waals surface area (Å²) in [6.07, 6.45) is 2.48. The number of carbonyl (C=O) groups excluding carboxylic acids is 2. The Balaban J connectivity index is 2.59. The number of primary amides is 1. The molecule has 18 heavy (non-hydrogen) atoms. The largest absolute Gasteiger partial charge is 0.480 e. The van der Waals surface area contributed by atoms with Gasteiger partial charge < -0.3 is 21.1 Å². The average molecular weight is 257 g/mol. The van der Waals surface area contributed by atoms with Gasteiger partial charge in [-0.15, -0.1) is 0 Å². The molecular formula is C11H19N3O4. The average Bonchev–Trinajstić information content (AvgIpc) is 2.27. The Morgan fingerprint density at radius 2 is 2.11 bits per heavy atom. The SMILES string of the molecule is CC1CCCCN1C(=O)N[C@H](CC(N)=O)C(=O)O. The number of nitrogens with zero attached hydrogens (tertiary/aromatic N) is 1. The van der Waals surface area contributed by atoms with Crippen molar-refractivity contribution in [1.29, 1.82) is 0 Å². The minimum atomic E-state index is -1.26. The third kappa shape index (κ3) is 3.90. The van der Waals surface area contributed by atoms with E-state index in [2.05, 4.69) is 5.32 Å². The summed E-state index contributed by atoms with van der Waals surface area (Å²) in [4.78, 5) is 35.1. The second-order valence-corrected chi connectivity index (χ2v) is 4.55. The van der Waals surface area contributed by atoms with Crippen molar-refractivity contribution in [2.45, 2.75) is 44.7 Å². The van der Waals surface area contributed by atoms with Crippen LogP contribution >= 0.6 is 0 Å². The zero-order chi connectivity index (χ0) is 13.7. The molecule has 0 spiro atoms. The van der Waals surface area contributed by atoms with Crippen LogP contribution in [0, 0.1) is 0 Å². The highest BCUT2D eigenvalue weighted by atomic mass is 16.4. The molecule has 3 amide bonds. The number of carbonyl (C=O) groups is 3. The van der Waals surface area contributed by atoms with E-state index in [4.69, 9.17) is 10.8 Å². The Kier molecular flexibility index (Phi) is 4.94. The van der Waals surface area contributed by atoms with Crippen molar-refractivity contribution in [1.82, 2.24) is 10.2 Å². The molecule has 0 aromatic rings. The highest BCUT2D eigenvalue weighted by Gasteiger charge is 2.28. The number of nitrogens with two attached hydrogens (primary N) is 1. The number of likely N-dealkylation sites (tertiary alicyclic amines) is 1. The van der Waals surface area contributed by atoms with Gasteiger partial charge in [-0.3, -0.25) is 4.79 Å². The first kappa shape index (κ1) is 14.3. The molecule has 2 atom stereocenters. The second-order valence-electron chi connectivity index (χ2n) is 4.55. The van der Waals surface area contributed by atoms with Gasteiger partial charge in [-0.1, -0.05) is 0 Å². The van der Waals surface area contributed by atoms with Crippen molar-refractivity contribution >= 4 is 17.9 Å². The van der Waals surface area contributed by atoms with Crippen molar-refractivity contribution < 1.29 is 19.5 Å². The predicted molar refractivity (Wildman–Crippen MR) is 63.8 cm³/mol. The molecule has 0 saturated carbocycles. The number of carboxylic acids is 1. The number of hydrogen-bond acceptors (Lipinski definition) is 3. The van der Waals surface area contributed by atoms with E-state index in [1.807, 2.05) is 6.92 Å². The third-order valence-electron chi connectivity index (χ3n) is 3.06. The van der Waals surface area contributed by atoms with Crippen molar-refractivity contribution in [2.24, 2.45) is 5.73 Å². The summed E-state index contributed by atoms with van der Waals surface area (Å²) in [5.41, 5.74) is 4.95. The molecule has 1 unspecified atom stereocenters. The van der Waals surface area contributed by atoms with Crippen LogP contribution in [0.15, 0.2) is 0 Å². The zero-order valence-corrected chi connectivity index (χ0v) is 10.4. The lowest BCUT2D eigenvalue weighted by Crippen LogP contribution is -2.53. The van der Waals surface area contributed by atoms with Gasteiger partial charge in [0, 0.05) is 12.6 Å². The molecule has 1 saturated heterocycles. The molecule has 7 nitrogen and oxygen atoms in total. The van der Waals surface area contributed by atoms with Gasteiger partial charge in [0.1, 0.15) is 6.04 Å². The van der Waals surface area contributed by atoms with Crippen LogP contribution in [0.5, 0.6) is 0 Å². The van der Waals surface area contributed by atoms with Crippen LogP contribution in [0.3, 0.4) is 0 Å².